The van der Waals surface area contributed by atoms with Crippen LogP contribution in [0.15, 0.2) is 30.0 Å². The molecule has 102 valence electrons. The molecule has 1 fully saturated rings. The predicted octanol–water partition coefficient (Wildman–Crippen LogP) is 2.88. The molecule has 1 saturated carbocycles. The van der Waals surface area contributed by atoms with Gasteiger partial charge in [-0.05, 0) is 30.9 Å². The summed E-state index contributed by atoms with van der Waals surface area (Å²) in [6, 6.07) is 3.41. The minimum atomic E-state index is -0.551. The molecular weight excluding hydrogens is 242 g/mol. The summed E-state index contributed by atoms with van der Waals surface area (Å²) in [6.45, 7) is 0. The Morgan fingerprint density at radius 2 is 2.05 bits per heavy atom. The number of H-pyrrole nitrogens is 1. The van der Waals surface area contributed by atoms with Gasteiger partial charge < -0.3 is 9.72 Å². The van der Waals surface area contributed by atoms with Crippen molar-refractivity contribution in [3.05, 3.63) is 35.7 Å². The summed E-state index contributed by atoms with van der Waals surface area (Å²) >= 11 is 0. The summed E-state index contributed by atoms with van der Waals surface area (Å²) in [5, 5.41) is 0. The molecule has 1 aromatic rings. The molecule has 0 spiro atoms. The minimum Gasteiger partial charge on any atom is -0.465 e. The minimum absolute atomic E-state index is 0.150. The molecule has 4 heteroatoms. The number of rotatable bonds is 4. The van der Waals surface area contributed by atoms with E-state index < -0.39 is 5.97 Å². The number of ether oxygens (including phenoxy) is 1. The number of aromatic amines is 1. The number of carbonyl (C=O) groups is 2. The zero-order valence-electron chi connectivity index (χ0n) is 11.1. The van der Waals surface area contributed by atoms with Gasteiger partial charge in [0.2, 0.25) is 5.78 Å². The highest BCUT2D eigenvalue weighted by Crippen LogP contribution is 2.26. The van der Waals surface area contributed by atoms with E-state index in [0.717, 1.165) is 25.7 Å². The smallest absolute Gasteiger partial charge is 0.341 e. The van der Waals surface area contributed by atoms with Crippen molar-refractivity contribution in [3.8, 4) is 0 Å². The maximum Gasteiger partial charge on any atom is 0.341 e. The number of nitrogens with one attached hydrogen (secondary N) is 1. The van der Waals surface area contributed by atoms with Crippen LogP contribution < -0.4 is 0 Å². The molecule has 2 rings (SSSR count). The van der Waals surface area contributed by atoms with E-state index in [2.05, 4.69) is 4.98 Å². The van der Waals surface area contributed by atoms with Crippen molar-refractivity contribution >= 4 is 11.8 Å². The molecule has 1 aliphatic carbocycles. The van der Waals surface area contributed by atoms with Crippen molar-refractivity contribution in [3.63, 3.8) is 0 Å². The summed E-state index contributed by atoms with van der Waals surface area (Å²) in [5.74, 6) is -0.533. The van der Waals surface area contributed by atoms with E-state index in [0.29, 0.717) is 11.6 Å². The number of hydrogen-bond acceptors (Lipinski definition) is 3. The lowest BCUT2D eigenvalue weighted by Gasteiger charge is -2.18. The number of allylic oxidation sites excluding steroid dienone is 1. The number of ketones is 1. The van der Waals surface area contributed by atoms with Gasteiger partial charge in [0.05, 0.1) is 12.8 Å². The zero-order chi connectivity index (χ0) is 13.7. The second-order valence-electron chi connectivity index (χ2n) is 4.88. The van der Waals surface area contributed by atoms with Gasteiger partial charge in [-0.25, -0.2) is 4.79 Å². The van der Waals surface area contributed by atoms with Gasteiger partial charge in [-0.2, -0.15) is 0 Å². The Balaban J connectivity index is 2.22. The van der Waals surface area contributed by atoms with Crippen LogP contribution in [0.1, 0.15) is 42.6 Å². The topological polar surface area (TPSA) is 59.2 Å². The Kier molecular flexibility index (Phi) is 4.55. The predicted molar refractivity (Wildman–Crippen MR) is 71.8 cm³/mol. The first kappa shape index (κ1) is 13.6. The van der Waals surface area contributed by atoms with Crippen LogP contribution in [0.5, 0.6) is 0 Å². The van der Waals surface area contributed by atoms with E-state index in [-0.39, 0.29) is 11.4 Å². The van der Waals surface area contributed by atoms with Gasteiger partial charge >= 0.3 is 5.97 Å². The van der Waals surface area contributed by atoms with Gasteiger partial charge in [0.1, 0.15) is 5.57 Å². The van der Waals surface area contributed by atoms with Gasteiger partial charge in [0, 0.05) is 6.20 Å². The molecule has 1 N–H and O–H groups in total. The Morgan fingerprint density at radius 3 is 2.63 bits per heavy atom. The number of Topliss-reactive ketones (excluding diaryl/α,β-unsaturated/α-hetero) is 1. The third kappa shape index (κ3) is 3.34. The molecule has 0 unspecified atom stereocenters. The molecule has 1 aromatic heterocycles. The van der Waals surface area contributed by atoms with E-state index in [4.69, 9.17) is 4.74 Å². The first-order valence-electron chi connectivity index (χ1n) is 6.70. The van der Waals surface area contributed by atoms with E-state index in [1.807, 2.05) is 0 Å². The van der Waals surface area contributed by atoms with Crippen LogP contribution in [0, 0.1) is 5.92 Å². The Labute approximate surface area is 112 Å². The summed E-state index contributed by atoms with van der Waals surface area (Å²) in [6.07, 6.45) is 9.11. The normalized spacial score (nSPS) is 17.2. The first-order valence-corrected chi connectivity index (χ1v) is 6.70. The highest BCUT2D eigenvalue weighted by atomic mass is 16.5. The van der Waals surface area contributed by atoms with Crippen LogP contribution >= 0.6 is 0 Å². The molecule has 0 saturated heterocycles. The van der Waals surface area contributed by atoms with Crippen LogP contribution in [0.3, 0.4) is 0 Å². The lowest BCUT2D eigenvalue weighted by atomic mass is 9.87. The van der Waals surface area contributed by atoms with Crippen molar-refractivity contribution < 1.29 is 14.3 Å². The molecule has 0 bridgehead atoms. The van der Waals surface area contributed by atoms with Crippen LogP contribution in [-0.2, 0) is 9.53 Å². The third-order valence-electron chi connectivity index (χ3n) is 3.54. The summed E-state index contributed by atoms with van der Waals surface area (Å²) in [7, 11) is 1.30. The molecule has 1 aliphatic rings. The van der Waals surface area contributed by atoms with Crippen molar-refractivity contribution in [2.24, 2.45) is 5.92 Å². The van der Waals surface area contributed by atoms with Crippen LogP contribution in [0.25, 0.3) is 0 Å². The molecule has 0 aliphatic heterocycles. The highest BCUT2D eigenvalue weighted by molar-refractivity contribution is 6.23. The number of aromatic nitrogens is 1. The molecule has 1 heterocycles. The number of hydrogen-bond donors (Lipinski definition) is 1. The van der Waals surface area contributed by atoms with Gasteiger partial charge in [0.25, 0.3) is 0 Å². The second kappa shape index (κ2) is 6.36. The van der Waals surface area contributed by atoms with E-state index in [1.54, 1.807) is 24.4 Å². The lowest BCUT2D eigenvalue weighted by molar-refractivity contribution is -0.135. The fourth-order valence-corrected chi connectivity index (χ4v) is 2.50. The third-order valence-corrected chi connectivity index (χ3v) is 3.54. The quantitative estimate of drug-likeness (QED) is 0.298. The molecule has 0 amide bonds. The lowest BCUT2D eigenvalue weighted by Crippen LogP contribution is -2.17. The van der Waals surface area contributed by atoms with Gasteiger partial charge in [-0.3, -0.25) is 4.79 Å². The van der Waals surface area contributed by atoms with Crippen LogP contribution in [0.2, 0.25) is 0 Å². The monoisotopic (exact) mass is 261 g/mol. The first-order chi connectivity index (χ1) is 9.22. The van der Waals surface area contributed by atoms with E-state index >= 15 is 0 Å². The summed E-state index contributed by atoms with van der Waals surface area (Å²) in [5.41, 5.74) is 0.573. The maximum absolute atomic E-state index is 12.3. The molecular formula is C15H19NO3. The van der Waals surface area contributed by atoms with Crippen LogP contribution in [0.4, 0.5) is 0 Å². The van der Waals surface area contributed by atoms with Crippen molar-refractivity contribution in [2.75, 3.05) is 7.11 Å². The van der Waals surface area contributed by atoms with Crippen molar-refractivity contribution in [1.29, 1.82) is 0 Å². The van der Waals surface area contributed by atoms with Gasteiger partial charge in [-0.1, -0.05) is 25.3 Å². The van der Waals surface area contributed by atoms with Crippen molar-refractivity contribution in [2.45, 2.75) is 32.1 Å². The Hall–Kier alpha value is -1.84. The fourth-order valence-electron chi connectivity index (χ4n) is 2.50. The van der Waals surface area contributed by atoms with Crippen LogP contribution in [-0.4, -0.2) is 23.8 Å². The number of esters is 1. The number of carbonyl (C=O) groups excluding carboxylic acids is 2. The summed E-state index contributed by atoms with van der Waals surface area (Å²) < 4.78 is 4.73. The molecule has 4 nitrogen and oxygen atoms in total. The molecule has 0 radical (unpaired) electrons. The largest absolute Gasteiger partial charge is 0.465 e. The average Bonchev–Trinajstić information content (AvgIpc) is 2.98. The Morgan fingerprint density at radius 1 is 1.32 bits per heavy atom. The fraction of sp³-hybridized carbons (Fsp3) is 0.467. The van der Waals surface area contributed by atoms with Crippen molar-refractivity contribution in [1.82, 2.24) is 4.98 Å². The average molecular weight is 261 g/mol. The number of methoxy groups -OCH3 is 1. The summed E-state index contributed by atoms with van der Waals surface area (Å²) in [4.78, 5) is 26.9. The van der Waals surface area contributed by atoms with Gasteiger partial charge in [-0.15, -0.1) is 0 Å². The highest BCUT2D eigenvalue weighted by Gasteiger charge is 2.23. The second-order valence-corrected chi connectivity index (χ2v) is 4.88. The van der Waals surface area contributed by atoms with E-state index in [9.17, 15) is 9.59 Å². The molecule has 19 heavy (non-hydrogen) atoms. The van der Waals surface area contributed by atoms with Gasteiger partial charge in [0.15, 0.2) is 0 Å². The molecule has 0 aromatic carbocycles. The maximum atomic E-state index is 12.3. The standard InChI is InChI=1S/C15H19NO3/c1-19-15(18)12(10-11-6-3-2-4-7-11)14(17)13-8-5-9-16-13/h5,8-11,16H,2-4,6-7H2,1H3/b12-10-. The zero-order valence-corrected chi connectivity index (χ0v) is 11.1. The molecule has 0 atom stereocenters. The SMILES string of the molecule is COC(=O)/C(=C\C1CCCCC1)C(=O)c1ccc[nH]1. The van der Waals surface area contributed by atoms with E-state index in [1.165, 1.54) is 13.5 Å². The Bertz CT molecular complexity index is 468.